The van der Waals surface area contributed by atoms with Gasteiger partial charge in [-0.2, -0.15) is 0 Å². The van der Waals surface area contributed by atoms with Crippen molar-refractivity contribution in [2.75, 3.05) is 7.05 Å². The molecule has 0 aliphatic heterocycles. The monoisotopic (exact) mass is 282 g/mol. The number of aromatic nitrogens is 1. The molecule has 0 amide bonds. The van der Waals surface area contributed by atoms with Gasteiger partial charge in [-0.1, -0.05) is 31.9 Å². The lowest BCUT2D eigenvalue weighted by Crippen LogP contribution is -2.28. The number of fused-ring (bicyclic) bond motifs is 1. The zero-order chi connectivity index (χ0) is 14.8. The Morgan fingerprint density at radius 1 is 1.10 bits per heavy atom. The standard InChI is InChI=1S/C19H26N2/c1-13-4-7-15(8-5-13)19(20-3)17-10-11-18-16(12-17)9-6-14(2)21-18/h6,9-13,15,19-20H,4-5,7-8H2,1-3H3. The van der Waals surface area contributed by atoms with Crippen molar-refractivity contribution in [3.8, 4) is 0 Å². The average molecular weight is 282 g/mol. The quantitative estimate of drug-likeness (QED) is 0.887. The molecule has 1 aromatic heterocycles. The summed E-state index contributed by atoms with van der Waals surface area (Å²) in [5, 5.41) is 4.81. The lowest BCUT2D eigenvalue weighted by atomic mass is 9.77. The van der Waals surface area contributed by atoms with E-state index in [4.69, 9.17) is 0 Å². The van der Waals surface area contributed by atoms with Gasteiger partial charge in [-0.3, -0.25) is 4.98 Å². The Labute approximate surface area is 128 Å². The Balaban J connectivity index is 1.88. The highest BCUT2D eigenvalue weighted by Gasteiger charge is 2.26. The largest absolute Gasteiger partial charge is 0.313 e. The van der Waals surface area contributed by atoms with Crippen LogP contribution in [-0.2, 0) is 0 Å². The smallest absolute Gasteiger partial charge is 0.0705 e. The third kappa shape index (κ3) is 3.11. The van der Waals surface area contributed by atoms with Gasteiger partial charge >= 0.3 is 0 Å². The predicted molar refractivity (Wildman–Crippen MR) is 89.4 cm³/mol. The van der Waals surface area contributed by atoms with Crippen LogP contribution in [-0.4, -0.2) is 12.0 Å². The van der Waals surface area contributed by atoms with Crippen molar-refractivity contribution in [1.82, 2.24) is 10.3 Å². The molecule has 2 heteroatoms. The molecule has 2 nitrogen and oxygen atoms in total. The van der Waals surface area contributed by atoms with Crippen molar-refractivity contribution >= 4 is 10.9 Å². The minimum absolute atomic E-state index is 0.475. The van der Waals surface area contributed by atoms with Crippen molar-refractivity contribution in [2.45, 2.75) is 45.6 Å². The first kappa shape index (κ1) is 14.5. The molecule has 1 N–H and O–H groups in total. The van der Waals surface area contributed by atoms with Gasteiger partial charge in [0.25, 0.3) is 0 Å². The molecule has 2 aromatic rings. The van der Waals surface area contributed by atoms with Gasteiger partial charge in [0.1, 0.15) is 0 Å². The van der Waals surface area contributed by atoms with Crippen LogP contribution in [0.5, 0.6) is 0 Å². The van der Waals surface area contributed by atoms with Gasteiger partial charge < -0.3 is 5.32 Å². The molecule has 1 aliphatic carbocycles. The van der Waals surface area contributed by atoms with Crippen molar-refractivity contribution in [3.05, 3.63) is 41.6 Å². The van der Waals surface area contributed by atoms with Crippen LogP contribution in [0.3, 0.4) is 0 Å². The summed E-state index contributed by atoms with van der Waals surface area (Å²) in [5.74, 6) is 1.67. The molecule has 0 saturated heterocycles. The number of aryl methyl sites for hydroxylation is 1. The van der Waals surface area contributed by atoms with Gasteiger partial charge in [-0.15, -0.1) is 0 Å². The molecular formula is C19H26N2. The fourth-order valence-corrected chi connectivity index (χ4v) is 3.73. The van der Waals surface area contributed by atoms with E-state index >= 15 is 0 Å². The summed E-state index contributed by atoms with van der Waals surface area (Å²) < 4.78 is 0. The van der Waals surface area contributed by atoms with E-state index in [1.165, 1.54) is 36.6 Å². The Kier molecular flexibility index (Phi) is 4.25. The molecule has 0 bridgehead atoms. The van der Waals surface area contributed by atoms with Crippen molar-refractivity contribution in [2.24, 2.45) is 11.8 Å². The van der Waals surface area contributed by atoms with Crippen LogP contribution in [0.15, 0.2) is 30.3 Å². The fourth-order valence-electron chi connectivity index (χ4n) is 3.73. The minimum Gasteiger partial charge on any atom is -0.313 e. The molecule has 1 atom stereocenters. The number of hydrogen-bond acceptors (Lipinski definition) is 2. The van der Waals surface area contributed by atoms with Crippen LogP contribution < -0.4 is 5.32 Å². The molecular weight excluding hydrogens is 256 g/mol. The molecule has 1 fully saturated rings. The van der Waals surface area contributed by atoms with Crippen LogP contribution in [0.2, 0.25) is 0 Å². The minimum atomic E-state index is 0.475. The predicted octanol–water partition coefficient (Wildman–Crippen LogP) is 4.63. The lowest BCUT2D eigenvalue weighted by Gasteiger charge is -2.33. The molecule has 0 radical (unpaired) electrons. The van der Waals surface area contributed by atoms with E-state index in [9.17, 15) is 0 Å². The van der Waals surface area contributed by atoms with Crippen molar-refractivity contribution in [3.63, 3.8) is 0 Å². The van der Waals surface area contributed by atoms with Crippen LogP contribution >= 0.6 is 0 Å². The van der Waals surface area contributed by atoms with Crippen LogP contribution in [0, 0.1) is 18.8 Å². The third-order valence-electron chi connectivity index (χ3n) is 5.05. The molecule has 1 heterocycles. The summed E-state index contributed by atoms with van der Waals surface area (Å²) in [6.07, 6.45) is 5.43. The summed E-state index contributed by atoms with van der Waals surface area (Å²) in [6.45, 7) is 4.43. The lowest BCUT2D eigenvalue weighted by molar-refractivity contribution is 0.238. The summed E-state index contributed by atoms with van der Waals surface area (Å²) >= 11 is 0. The summed E-state index contributed by atoms with van der Waals surface area (Å²) in [5.41, 5.74) is 3.60. The number of rotatable bonds is 3. The molecule has 112 valence electrons. The van der Waals surface area contributed by atoms with E-state index < -0.39 is 0 Å². The number of benzene rings is 1. The molecule has 21 heavy (non-hydrogen) atoms. The average Bonchev–Trinajstić information content (AvgIpc) is 2.50. The first-order chi connectivity index (χ1) is 10.2. The van der Waals surface area contributed by atoms with Gasteiger partial charge in [-0.25, -0.2) is 0 Å². The number of pyridine rings is 1. The van der Waals surface area contributed by atoms with E-state index in [0.29, 0.717) is 6.04 Å². The molecule has 3 rings (SSSR count). The van der Waals surface area contributed by atoms with Crippen LogP contribution in [0.1, 0.15) is 49.9 Å². The second kappa shape index (κ2) is 6.15. The zero-order valence-electron chi connectivity index (χ0n) is 13.4. The third-order valence-corrected chi connectivity index (χ3v) is 5.05. The van der Waals surface area contributed by atoms with Crippen molar-refractivity contribution < 1.29 is 0 Å². The van der Waals surface area contributed by atoms with E-state index in [0.717, 1.165) is 23.0 Å². The Hall–Kier alpha value is -1.41. The van der Waals surface area contributed by atoms with Gasteiger partial charge in [-0.05, 0) is 62.4 Å². The van der Waals surface area contributed by atoms with E-state index in [-0.39, 0.29) is 0 Å². The topological polar surface area (TPSA) is 24.9 Å². The van der Waals surface area contributed by atoms with Crippen molar-refractivity contribution in [1.29, 1.82) is 0 Å². The number of nitrogens with one attached hydrogen (secondary N) is 1. The summed E-state index contributed by atoms with van der Waals surface area (Å²) in [4.78, 5) is 4.60. The first-order valence-electron chi connectivity index (χ1n) is 8.22. The summed E-state index contributed by atoms with van der Waals surface area (Å²) in [7, 11) is 2.10. The molecule has 1 unspecified atom stereocenters. The normalized spacial score (nSPS) is 24.1. The highest BCUT2D eigenvalue weighted by Crippen LogP contribution is 2.37. The first-order valence-corrected chi connectivity index (χ1v) is 8.22. The highest BCUT2D eigenvalue weighted by atomic mass is 14.9. The maximum Gasteiger partial charge on any atom is 0.0705 e. The molecule has 1 aliphatic rings. The van der Waals surface area contributed by atoms with E-state index in [2.05, 4.69) is 54.6 Å². The Bertz CT molecular complexity index is 612. The fraction of sp³-hybridized carbons (Fsp3) is 0.526. The van der Waals surface area contributed by atoms with Gasteiger partial charge in [0.2, 0.25) is 0 Å². The number of nitrogens with zero attached hydrogens (tertiary/aromatic N) is 1. The van der Waals surface area contributed by atoms with E-state index in [1.54, 1.807) is 0 Å². The zero-order valence-corrected chi connectivity index (χ0v) is 13.4. The Morgan fingerprint density at radius 3 is 2.57 bits per heavy atom. The maximum absolute atomic E-state index is 4.60. The van der Waals surface area contributed by atoms with Gasteiger partial charge in [0.15, 0.2) is 0 Å². The molecule has 0 spiro atoms. The molecule has 1 saturated carbocycles. The second-order valence-electron chi connectivity index (χ2n) is 6.69. The molecule has 1 aromatic carbocycles. The maximum atomic E-state index is 4.60. The van der Waals surface area contributed by atoms with E-state index in [1.807, 2.05) is 6.92 Å². The van der Waals surface area contributed by atoms with Crippen LogP contribution in [0.4, 0.5) is 0 Å². The van der Waals surface area contributed by atoms with Gasteiger partial charge in [0, 0.05) is 17.1 Å². The second-order valence-corrected chi connectivity index (χ2v) is 6.69. The number of hydrogen-bond donors (Lipinski definition) is 1. The van der Waals surface area contributed by atoms with Crippen LogP contribution in [0.25, 0.3) is 10.9 Å². The summed E-state index contributed by atoms with van der Waals surface area (Å²) in [6, 6.07) is 11.5. The Morgan fingerprint density at radius 2 is 1.86 bits per heavy atom. The SMILES string of the molecule is CNC(c1ccc2nc(C)ccc2c1)C1CCC(C)CC1. The highest BCUT2D eigenvalue weighted by molar-refractivity contribution is 5.79. The van der Waals surface area contributed by atoms with Gasteiger partial charge in [0.05, 0.1) is 5.52 Å².